The standard InChI is InChI=1S/C13H20O4/c1-9(2)6-10(12(14)15-5)7-11-8-16-13(3,4)17-11/h7,10H,1,6,8H2,2-5H3/b11-7-. The maximum Gasteiger partial charge on any atom is 0.312 e. The van der Waals surface area contributed by atoms with Crippen molar-refractivity contribution in [2.75, 3.05) is 13.7 Å². The van der Waals surface area contributed by atoms with E-state index in [1.165, 1.54) is 7.11 Å². The summed E-state index contributed by atoms with van der Waals surface area (Å²) in [5.41, 5.74) is 0.926. The minimum Gasteiger partial charge on any atom is -0.469 e. The van der Waals surface area contributed by atoms with Gasteiger partial charge in [-0.2, -0.15) is 0 Å². The zero-order chi connectivity index (χ0) is 13.1. The van der Waals surface area contributed by atoms with Gasteiger partial charge in [0, 0.05) is 13.8 Å². The number of hydrogen-bond acceptors (Lipinski definition) is 4. The first-order valence-corrected chi connectivity index (χ1v) is 5.60. The number of hydrogen-bond donors (Lipinski definition) is 0. The van der Waals surface area contributed by atoms with E-state index in [0.29, 0.717) is 18.8 Å². The van der Waals surface area contributed by atoms with Crippen molar-refractivity contribution < 1.29 is 19.0 Å². The van der Waals surface area contributed by atoms with Crippen LogP contribution in [0.3, 0.4) is 0 Å². The Morgan fingerprint density at radius 1 is 1.65 bits per heavy atom. The van der Waals surface area contributed by atoms with Gasteiger partial charge in [0.25, 0.3) is 0 Å². The fraction of sp³-hybridized carbons (Fsp3) is 0.615. The third-order valence-electron chi connectivity index (χ3n) is 2.40. The van der Waals surface area contributed by atoms with E-state index in [-0.39, 0.29) is 11.9 Å². The van der Waals surface area contributed by atoms with Crippen LogP contribution in [-0.4, -0.2) is 25.5 Å². The van der Waals surface area contributed by atoms with Crippen LogP contribution < -0.4 is 0 Å². The van der Waals surface area contributed by atoms with Crippen LogP contribution in [-0.2, 0) is 19.0 Å². The fourth-order valence-electron chi connectivity index (χ4n) is 1.66. The summed E-state index contributed by atoms with van der Waals surface area (Å²) in [7, 11) is 1.38. The molecule has 4 nitrogen and oxygen atoms in total. The van der Waals surface area contributed by atoms with E-state index in [1.54, 1.807) is 6.08 Å². The third-order valence-corrected chi connectivity index (χ3v) is 2.40. The van der Waals surface area contributed by atoms with E-state index in [1.807, 2.05) is 20.8 Å². The summed E-state index contributed by atoms with van der Waals surface area (Å²) < 4.78 is 15.7. The molecule has 0 amide bonds. The fourth-order valence-corrected chi connectivity index (χ4v) is 1.66. The molecule has 4 heteroatoms. The lowest BCUT2D eigenvalue weighted by atomic mass is 10.0. The van der Waals surface area contributed by atoms with E-state index in [2.05, 4.69) is 6.58 Å². The molecule has 1 heterocycles. The summed E-state index contributed by atoms with van der Waals surface area (Å²) in [5.74, 6) is -0.583. The predicted molar refractivity (Wildman–Crippen MR) is 64.1 cm³/mol. The van der Waals surface area contributed by atoms with Crippen LogP contribution in [0.2, 0.25) is 0 Å². The molecule has 0 saturated carbocycles. The Balaban J connectivity index is 2.75. The monoisotopic (exact) mass is 240 g/mol. The quantitative estimate of drug-likeness (QED) is 0.559. The first-order valence-electron chi connectivity index (χ1n) is 5.60. The Hall–Kier alpha value is -1.29. The molecule has 1 aliphatic heterocycles. The molecule has 0 aliphatic carbocycles. The molecule has 0 aromatic rings. The van der Waals surface area contributed by atoms with Gasteiger partial charge in [0.05, 0.1) is 13.0 Å². The van der Waals surface area contributed by atoms with Crippen molar-refractivity contribution in [1.82, 2.24) is 0 Å². The zero-order valence-electron chi connectivity index (χ0n) is 10.9. The van der Waals surface area contributed by atoms with E-state index in [4.69, 9.17) is 14.2 Å². The van der Waals surface area contributed by atoms with Crippen LogP contribution in [0, 0.1) is 5.92 Å². The lowest BCUT2D eigenvalue weighted by molar-refractivity contribution is -0.144. The lowest BCUT2D eigenvalue weighted by Gasteiger charge is -2.16. The highest BCUT2D eigenvalue weighted by Crippen LogP contribution is 2.27. The molecule has 1 aliphatic rings. The molecule has 96 valence electrons. The van der Waals surface area contributed by atoms with Crippen molar-refractivity contribution in [3.05, 3.63) is 24.0 Å². The number of methoxy groups -OCH3 is 1. The topological polar surface area (TPSA) is 44.8 Å². The molecule has 0 N–H and O–H groups in total. The van der Waals surface area contributed by atoms with Gasteiger partial charge in [-0.15, -0.1) is 6.58 Å². The lowest BCUT2D eigenvalue weighted by Crippen LogP contribution is -2.19. The summed E-state index contributed by atoms with van der Waals surface area (Å²) in [6, 6.07) is 0. The van der Waals surface area contributed by atoms with Gasteiger partial charge < -0.3 is 14.2 Å². The van der Waals surface area contributed by atoms with Crippen molar-refractivity contribution in [2.45, 2.75) is 33.0 Å². The number of ether oxygens (including phenoxy) is 3. The second-order valence-corrected chi connectivity index (χ2v) is 4.71. The van der Waals surface area contributed by atoms with Crippen molar-refractivity contribution in [3.63, 3.8) is 0 Å². The van der Waals surface area contributed by atoms with Gasteiger partial charge in [-0.05, 0) is 19.4 Å². The number of esters is 1. The summed E-state index contributed by atoms with van der Waals surface area (Å²) in [6.45, 7) is 9.74. The van der Waals surface area contributed by atoms with E-state index in [0.717, 1.165) is 5.57 Å². The smallest absolute Gasteiger partial charge is 0.312 e. The maximum atomic E-state index is 11.6. The van der Waals surface area contributed by atoms with Crippen LogP contribution in [0.1, 0.15) is 27.2 Å². The van der Waals surface area contributed by atoms with E-state index < -0.39 is 5.79 Å². The van der Waals surface area contributed by atoms with Crippen molar-refractivity contribution in [3.8, 4) is 0 Å². The van der Waals surface area contributed by atoms with Gasteiger partial charge in [0.15, 0.2) is 0 Å². The van der Waals surface area contributed by atoms with Gasteiger partial charge in [-0.3, -0.25) is 4.79 Å². The van der Waals surface area contributed by atoms with Crippen LogP contribution in [0.15, 0.2) is 24.0 Å². The first kappa shape index (κ1) is 13.8. The third kappa shape index (κ3) is 4.23. The molecule has 1 unspecified atom stereocenters. The highest BCUT2D eigenvalue weighted by atomic mass is 16.7. The number of carbonyl (C=O) groups is 1. The average Bonchev–Trinajstić information content (AvgIpc) is 2.55. The van der Waals surface area contributed by atoms with Crippen molar-refractivity contribution in [2.24, 2.45) is 5.92 Å². The SMILES string of the molecule is C=C(C)CC(/C=C1/COC(C)(C)O1)C(=O)OC. The molecular weight excluding hydrogens is 220 g/mol. The normalized spacial score (nSPS) is 22.0. The number of rotatable bonds is 4. The summed E-state index contributed by atoms with van der Waals surface area (Å²) in [6.07, 6.45) is 2.31. The molecule has 0 bridgehead atoms. The minimum absolute atomic E-state index is 0.284. The van der Waals surface area contributed by atoms with Crippen LogP contribution in [0.5, 0.6) is 0 Å². The molecule has 1 fully saturated rings. The Morgan fingerprint density at radius 2 is 2.29 bits per heavy atom. The highest BCUT2D eigenvalue weighted by molar-refractivity contribution is 5.74. The van der Waals surface area contributed by atoms with Crippen LogP contribution in [0.4, 0.5) is 0 Å². The molecule has 0 aromatic heterocycles. The Morgan fingerprint density at radius 3 is 2.71 bits per heavy atom. The minimum atomic E-state index is -0.615. The zero-order valence-corrected chi connectivity index (χ0v) is 10.9. The maximum absolute atomic E-state index is 11.6. The number of carbonyl (C=O) groups excluding carboxylic acids is 1. The second kappa shape index (κ2) is 5.36. The van der Waals surface area contributed by atoms with Crippen molar-refractivity contribution >= 4 is 5.97 Å². The predicted octanol–water partition coefficient (Wildman–Crippen LogP) is 2.41. The summed E-state index contributed by atoms with van der Waals surface area (Å²) >= 11 is 0. The highest BCUT2D eigenvalue weighted by Gasteiger charge is 2.30. The molecule has 0 radical (unpaired) electrons. The van der Waals surface area contributed by atoms with Crippen molar-refractivity contribution in [1.29, 1.82) is 0 Å². The molecule has 0 spiro atoms. The second-order valence-electron chi connectivity index (χ2n) is 4.71. The van der Waals surface area contributed by atoms with Crippen LogP contribution >= 0.6 is 0 Å². The molecular formula is C13H20O4. The van der Waals surface area contributed by atoms with Gasteiger partial charge >= 0.3 is 5.97 Å². The Bertz CT molecular complexity index is 341. The van der Waals surface area contributed by atoms with Gasteiger partial charge in [0.1, 0.15) is 12.4 Å². The molecule has 17 heavy (non-hydrogen) atoms. The molecule has 1 rings (SSSR count). The van der Waals surface area contributed by atoms with E-state index >= 15 is 0 Å². The Kier molecular flexibility index (Phi) is 4.34. The van der Waals surface area contributed by atoms with Gasteiger partial charge in [0.2, 0.25) is 5.79 Å². The van der Waals surface area contributed by atoms with Crippen LogP contribution in [0.25, 0.3) is 0 Å². The Labute approximate surface area is 102 Å². The van der Waals surface area contributed by atoms with E-state index in [9.17, 15) is 4.79 Å². The number of allylic oxidation sites excluding steroid dienone is 1. The largest absolute Gasteiger partial charge is 0.469 e. The van der Waals surface area contributed by atoms with Gasteiger partial charge in [-0.25, -0.2) is 0 Å². The molecule has 1 atom stereocenters. The first-order chi connectivity index (χ1) is 7.84. The average molecular weight is 240 g/mol. The summed E-state index contributed by atoms with van der Waals surface area (Å²) in [4.78, 5) is 11.6. The van der Waals surface area contributed by atoms with Gasteiger partial charge in [-0.1, -0.05) is 5.57 Å². The molecule has 1 saturated heterocycles. The molecule has 0 aromatic carbocycles. The summed E-state index contributed by atoms with van der Waals surface area (Å²) in [5, 5.41) is 0.